The van der Waals surface area contributed by atoms with Gasteiger partial charge in [-0.2, -0.15) is 9.29 Å². The van der Waals surface area contributed by atoms with Crippen LogP contribution >= 0.6 is 0 Å². The fourth-order valence-corrected chi connectivity index (χ4v) is 3.68. The predicted molar refractivity (Wildman–Crippen MR) is 99.7 cm³/mol. The molecule has 26 heavy (non-hydrogen) atoms. The summed E-state index contributed by atoms with van der Waals surface area (Å²) in [6.45, 7) is 3.97. The van der Waals surface area contributed by atoms with Crippen molar-refractivity contribution in [3.63, 3.8) is 0 Å². The van der Waals surface area contributed by atoms with Crippen LogP contribution in [0.25, 0.3) is 11.4 Å². The molecular formula is C19H21N3O3S. The van der Waals surface area contributed by atoms with Crippen LogP contribution in [0.5, 0.6) is 0 Å². The summed E-state index contributed by atoms with van der Waals surface area (Å²) in [6, 6.07) is 15.2. The average Bonchev–Trinajstić information content (AvgIpc) is 3.03. The van der Waals surface area contributed by atoms with Crippen molar-refractivity contribution in [2.75, 3.05) is 7.05 Å². The highest BCUT2D eigenvalue weighted by atomic mass is 32.2. The number of aryl methyl sites for hydroxylation is 2. The van der Waals surface area contributed by atoms with Crippen LogP contribution < -0.4 is 0 Å². The lowest BCUT2D eigenvalue weighted by molar-refractivity contribution is 0.336. The van der Waals surface area contributed by atoms with E-state index >= 15 is 0 Å². The lowest BCUT2D eigenvalue weighted by atomic mass is 10.1. The summed E-state index contributed by atoms with van der Waals surface area (Å²) in [6.07, 6.45) is 0. The van der Waals surface area contributed by atoms with Crippen LogP contribution in [0, 0.1) is 13.8 Å². The molecule has 2 aromatic carbocycles. The second kappa shape index (κ2) is 7.39. The Morgan fingerprint density at radius 3 is 2.46 bits per heavy atom. The Balaban J connectivity index is 1.71. The van der Waals surface area contributed by atoms with E-state index in [9.17, 15) is 8.42 Å². The van der Waals surface area contributed by atoms with E-state index in [0.717, 1.165) is 22.3 Å². The molecular weight excluding hydrogens is 350 g/mol. The maximum atomic E-state index is 12.6. The zero-order valence-electron chi connectivity index (χ0n) is 15.0. The van der Waals surface area contributed by atoms with Gasteiger partial charge in [-0.25, -0.2) is 8.42 Å². The van der Waals surface area contributed by atoms with Crippen molar-refractivity contribution in [3.05, 3.63) is 71.1 Å². The minimum Gasteiger partial charge on any atom is -0.338 e. The maximum Gasteiger partial charge on any atom is 0.242 e. The van der Waals surface area contributed by atoms with E-state index in [1.165, 1.54) is 11.4 Å². The first-order chi connectivity index (χ1) is 12.3. The Labute approximate surface area is 153 Å². The Morgan fingerprint density at radius 2 is 1.77 bits per heavy atom. The molecule has 6 nitrogen and oxygen atoms in total. The van der Waals surface area contributed by atoms with Crippen LogP contribution in [0.3, 0.4) is 0 Å². The first kappa shape index (κ1) is 18.3. The second-order valence-corrected chi connectivity index (χ2v) is 8.45. The van der Waals surface area contributed by atoms with Gasteiger partial charge in [-0.05, 0) is 19.4 Å². The van der Waals surface area contributed by atoms with Crippen molar-refractivity contribution in [1.82, 2.24) is 14.4 Å². The normalized spacial score (nSPS) is 11.8. The summed E-state index contributed by atoms with van der Waals surface area (Å²) in [4.78, 5) is 4.30. The molecule has 3 aromatic rings. The molecule has 0 bridgehead atoms. The van der Waals surface area contributed by atoms with Gasteiger partial charge in [0.15, 0.2) is 0 Å². The summed E-state index contributed by atoms with van der Waals surface area (Å²) in [7, 11) is -1.97. The van der Waals surface area contributed by atoms with Gasteiger partial charge in [-0.15, -0.1) is 0 Å². The maximum absolute atomic E-state index is 12.6. The summed E-state index contributed by atoms with van der Waals surface area (Å²) in [5.74, 6) is 0.643. The molecule has 0 saturated heterocycles. The molecule has 0 spiro atoms. The fourth-order valence-electron chi connectivity index (χ4n) is 2.55. The highest BCUT2D eigenvalue weighted by Crippen LogP contribution is 2.18. The van der Waals surface area contributed by atoms with E-state index < -0.39 is 10.0 Å². The molecule has 1 heterocycles. The monoisotopic (exact) mass is 371 g/mol. The van der Waals surface area contributed by atoms with Crippen molar-refractivity contribution >= 4 is 10.0 Å². The first-order valence-electron chi connectivity index (χ1n) is 8.23. The van der Waals surface area contributed by atoms with Gasteiger partial charge in [0, 0.05) is 12.6 Å². The summed E-state index contributed by atoms with van der Waals surface area (Å²) >= 11 is 0. The van der Waals surface area contributed by atoms with Crippen molar-refractivity contribution in [2.24, 2.45) is 0 Å². The van der Waals surface area contributed by atoms with Gasteiger partial charge >= 0.3 is 0 Å². The lowest BCUT2D eigenvalue weighted by Crippen LogP contribution is -2.27. The molecule has 0 aliphatic rings. The van der Waals surface area contributed by atoms with E-state index in [-0.39, 0.29) is 18.2 Å². The van der Waals surface area contributed by atoms with Gasteiger partial charge in [0.25, 0.3) is 0 Å². The molecule has 0 aliphatic heterocycles. The lowest BCUT2D eigenvalue weighted by Gasteiger charge is -2.15. The van der Waals surface area contributed by atoms with E-state index in [0.29, 0.717) is 5.82 Å². The molecule has 7 heteroatoms. The summed E-state index contributed by atoms with van der Waals surface area (Å²) < 4.78 is 31.6. The van der Waals surface area contributed by atoms with Gasteiger partial charge in [0.2, 0.25) is 21.7 Å². The van der Waals surface area contributed by atoms with Gasteiger partial charge in [0.1, 0.15) is 0 Å². The third-order valence-corrected chi connectivity index (χ3v) is 5.82. The van der Waals surface area contributed by atoms with Crippen molar-refractivity contribution in [2.45, 2.75) is 26.1 Å². The third kappa shape index (κ3) is 4.36. The van der Waals surface area contributed by atoms with Crippen molar-refractivity contribution in [1.29, 1.82) is 0 Å². The Kier molecular flexibility index (Phi) is 5.20. The molecule has 0 fully saturated rings. The molecule has 0 radical (unpaired) electrons. The van der Waals surface area contributed by atoms with Crippen molar-refractivity contribution < 1.29 is 12.9 Å². The number of aromatic nitrogens is 2. The Bertz CT molecular complexity index is 995. The van der Waals surface area contributed by atoms with Crippen LogP contribution in [-0.2, 0) is 22.3 Å². The summed E-state index contributed by atoms with van der Waals surface area (Å²) in [5, 5.41) is 3.94. The van der Waals surface area contributed by atoms with E-state index in [4.69, 9.17) is 4.52 Å². The van der Waals surface area contributed by atoms with Crippen LogP contribution in [0.2, 0.25) is 0 Å². The molecule has 0 aliphatic carbocycles. The average molecular weight is 371 g/mol. The number of rotatable bonds is 6. The quantitative estimate of drug-likeness (QED) is 0.664. The number of hydrogen-bond acceptors (Lipinski definition) is 5. The van der Waals surface area contributed by atoms with E-state index in [1.54, 1.807) is 6.07 Å². The minimum atomic E-state index is -3.48. The molecule has 0 saturated carbocycles. The van der Waals surface area contributed by atoms with Crippen molar-refractivity contribution in [3.8, 4) is 11.4 Å². The van der Waals surface area contributed by atoms with E-state index in [2.05, 4.69) is 10.1 Å². The van der Waals surface area contributed by atoms with Gasteiger partial charge in [-0.3, -0.25) is 0 Å². The molecule has 136 valence electrons. The van der Waals surface area contributed by atoms with Crippen LogP contribution in [0.1, 0.15) is 22.6 Å². The Morgan fingerprint density at radius 1 is 1.04 bits per heavy atom. The number of benzene rings is 2. The minimum absolute atomic E-state index is 0.0347. The molecule has 0 unspecified atom stereocenters. The Hall–Kier alpha value is -2.51. The molecule has 0 amide bonds. The largest absolute Gasteiger partial charge is 0.338 e. The smallest absolute Gasteiger partial charge is 0.242 e. The predicted octanol–water partition coefficient (Wildman–Crippen LogP) is 3.32. The molecule has 0 atom stereocenters. The highest BCUT2D eigenvalue weighted by Gasteiger charge is 2.21. The van der Waals surface area contributed by atoms with Gasteiger partial charge in [-0.1, -0.05) is 64.8 Å². The van der Waals surface area contributed by atoms with Gasteiger partial charge < -0.3 is 4.52 Å². The van der Waals surface area contributed by atoms with E-state index in [1.807, 2.05) is 56.3 Å². The second-order valence-electron chi connectivity index (χ2n) is 6.38. The third-order valence-electron chi connectivity index (χ3n) is 4.04. The SMILES string of the molecule is Cc1ccc(-c2noc(CN(C)S(=O)(=O)Cc3cccc(C)c3)n2)cc1. The number of hydrogen-bond donors (Lipinski definition) is 0. The summed E-state index contributed by atoms with van der Waals surface area (Å²) in [5.41, 5.74) is 3.75. The highest BCUT2D eigenvalue weighted by molar-refractivity contribution is 7.88. The van der Waals surface area contributed by atoms with Crippen LogP contribution in [0.15, 0.2) is 53.1 Å². The molecule has 0 N–H and O–H groups in total. The first-order valence-corrected chi connectivity index (χ1v) is 9.83. The molecule has 3 rings (SSSR count). The zero-order chi connectivity index (χ0) is 18.7. The van der Waals surface area contributed by atoms with Crippen LogP contribution in [0.4, 0.5) is 0 Å². The van der Waals surface area contributed by atoms with Gasteiger partial charge in [0.05, 0.1) is 12.3 Å². The molecule has 1 aromatic heterocycles. The van der Waals surface area contributed by atoms with Crippen LogP contribution in [-0.4, -0.2) is 29.9 Å². The number of sulfonamides is 1. The topological polar surface area (TPSA) is 76.3 Å². The number of nitrogens with zero attached hydrogens (tertiary/aromatic N) is 3. The fraction of sp³-hybridized carbons (Fsp3) is 0.263. The standard InChI is InChI=1S/C19H21N3O3S/c1-14-7-9-17(10-8-14)19-20-18(25-21-19)12-22(3)26(23,24)13-16-6-4-5-15(2)11-16/h4-11H,12-13H2,1-3H3. The zero-order valence-corrected chi connectivity index (χ0v) is 15.8.